The maximum Gasteiger partial charge on any atom is 0.101 e. The zero-order valence-corrected chi connectivity index (χ0v) is 14.2. The van der Waals surface area contributed by atoms with Crippen LogP contribution in [0.1, 0.15) is 41.7 Å². The molecule has 2 unspecified atom stereocenters. The molecular weight excluding hydrogens is 322 g/mol. The van der Waals surface area contributed by atoms with Gasteiger partial charge in [-0.25, -0.2) is 0 Å². The van der Waals surface area contributed by atoms with Crippen LogP contribution in [0.3, 0.4) is 0 Å². The number of thiophene rings is 1. The summed E-state index contributed by atoms with van der Waals surface area (Å²) >= 11 is 5.25. The van der Waals surface area contributed by atoms with Crippen molar-refractivity contribution in [3.63, 3.8) is 0 Å². The first-order chi connectivity index (χ1) is 8.95. The van der Waals surface area contributed by atoms with Crippen LogP contribution in [-0.4, -0.2) is 15.8 Å². The molecule has 0 aliphatic heterocycles. The number of hydrogen-bond acceptors (Lipinski definition) is 3. The second-order valence-corrected chi connectivity index (χ2v) is 7.39. The number of nitrogens with two attached hydrogens (primary N) is 1. The van der Waals surface area contributed by atoms with E-state index in [2.05, 4.69) is 53.5 Å². The quantitative estimate of drug-likeness (QED) is 0.918. The highest BCUT2D eigenvalue weighted by atomic mass is 79.9. The summed E-state index contributed by atoms with van der Waals surface area (Å²) in [5, 5.41) is 4.72. The molecule has 3 nitrogen and oxygen atoms in total. The van der Waals surface area contributed by atoms with E-state index in [-0.39, 0.29) is 12.1 Å². The molecule has 0 bridgehead atoms. The lowest BCUT2D eigenvalue weighted by molar-refractivity contribution is 0.449. The number of nitrogens with zero attached hydrogens (tertiary/aromatic N) is 2. The van der Waals surface area contributed by atoms with Gasteiger partial charge in [0, 0.05) is 16.6 Å². The third-order valence-corrected chi connectivity index (χ3v) is 5.17. The van der Waals surface area contributed by atoms with E-state index in [1.54, 1.807) is 11.3 Å². The Bertz CT molecular complexity index is 571. The molecule has 0 saturated carbocycles. The number of aromatic nitrogens is 2. The summed E-state index contributed by atoms with van der Waals surface area (Å²) in [6.45, 7) is 8.42. The summed E-state index contributed by atoms with van der Waals surface area (Å²) in [5.41, 5.74) is 9.89. The van der Waals surface area contributed by atoms with E-state index in [1.165, 1.54) is 16.1 Å². The summed E-state index contributed by atoms with van der Waals surface area (Å²) in [4.78, 5) is 1.25. The fourth-order valence-electron chi connectivity index (χ4n) is 2.57. The lowest BCUT2D eigenvalue weighted by atomic mass is 10.1. The topological polar surface area (TPSA) is 43.8 Å². The first-order valence-corrected chi connectivity index (χ1v) is 8.12. The van der Waals surface area contributed by atoms with E-state index in [0.29, 0.717) is 0 Å². The largest absolute Gasteiger partial charge is 0.326 e. The molecule has 2 heterocycles. The second-order valence-electron chi connectivity index (χ2n) is 4.89. The lowest BCUT2D eigenvalue weighted by Gasteiger charge is -2.22. The molecule has 104 valence electrons. The molecule has 2 aromatic rings. The van der Waals surface area contributed by atoms with E-state index in [4.69, 9.17) is 10.8 Å². The molecule has 2 aromatic heterocycles. The van der Waals surface area contributed by atoms with Gasteiger partial charge in [-0.15, -0.1) is 11.3 Å². The van der Waals surface area contributed by atoms with Crippen LogP contribution in [0.5, 0.6) is 0 Å². The van der Waals surface area contributed by atoms with Crippen LogP contribution in [0, 0.1) is 13.8 Å². The van der Waals surface area contributed by atoms with E-state index in [9.17, 15) is 0 Å². The molecule has 0 spiro atoms. The van der Waals surface area contributed by atoms with Gasteiger partial charge < -0.3 is 5.73 Å². The number of halogens is 1. The monoisotopic (exact) mass is 341 g/mol. The maximum absolute atomic E-state index is 6.21. The molecule has 0 aliphatic carbocycles. The van der Waals surface area contributed by atoms with Crippen molar-refractivity contribution in [1.82, 2.24) is 9.78 Å². The van der Waals surface area contributed by atoms with Gasteiger partial charge in [0.05, 0.1) is 9.48 Å². The van der Waals surface area contributed by atoms with Crippen molar-refractivity contribution in [2.45, 2.75) is 46.2 Å². The zero-order valence-electron chi connectivity index (χ0n) is 11.8. The number of hydrogen-bond donors (Lipinski definition) is 1. The van der Waals surface area contributed by atoms with Crippen LogP contribution in [0.4, 0.5) is 0 Å². The maximum atomic E-state index is 6.21. The van der Waals surface area contributed by atoms with Gasteiger partial charge in [-0.3, -0.25) is 4.68 Å². The Labute approximate surface area is 126 Å². The Morgan fingerprint density at radius 2 is 2.11 bits per heavy atom. The Balaban J connectivity index is 2.51. The van der Waals surface area contributed by atoms with Crippen LogP contribution in [0.2, 0.25) is 0 Å². The van der Waals surface area contributed by atoms with Gasteiger partial charge in [-0.2, -0.15) is 5.10 Å². The molecule has 0 aliphatic rings. The van der Waals surface area contributed by atoms with E-state index >= 15 is 0 Å². The summed E-state index contributed by atoms with van der Waals surface area (Å²) in [6, 6.07) is 4.33. The minimum atomic E-state index is 0.0215. The second kappa shape index (κ2) is 5.77. The molecule has 2 rings (SSSR count). The van der Waals surface area contributed by atoms with Crippen LogP contribution >= 0.6 is 27.3 Å². The molecule has 5 heteroatoms. The van der Waals surface area contributed by atoms with Gasteiger partial charge in [0.15, 0.2) is 0 Å². The molecule has 19 heavy (non-hydrogen) atoms. The summed E-state index contributed by atoms with van der Waals surface area (Å²) in [6.07, 6.45) is 1.01. The van der Waals surface area contributed by atoms with E-state index < -0.39 is 0 Å². The van der Waals surface area contributed by atoms with Crippen molar-refractivity contribution in [3.05, 3.63) is 37.7 Å². The van der Waals surface area contributed by atoms with Gasteiger partial charge in [0.2, 0.25) is 0 Å². The average molecular weight is 342 g/mol. The van der Waals surface area contributed by atoms with Crippen LogP contribution in [0.25, 0.3) is 0 Å². The average Bonchev–Trinajstić information content (AvgIpc) is 2.85. The van der Waals surface area contributed by atoms with Crippen molar-refractivity contribution >= 4 is 27.3 Å². The van der Waals surface area contributed by atoms with Gasteiger partial charge in [-0.05, 0) is 60.8 Å². The molecule has 0 amide bonds. The first kappa shape index (κ1) is 14.8. The Kier molecular flexibility index (Phi) is 4.48. The molecule has 2 N–H and O–H groups in total. The lowest BCUT2D eigenvalue weighted by Crippen LogP contribution is -2.31. The molecule has 2 atom stereocenters. The molecular formula is C14H20BrN3S. The standard InChI is InChI=1S/C14H20BrN3S/c1-5-11-9(3)17-18(10(11)4)14(8(2)16)12-6-7-13(15)19-12/h6-8,14H,5,16H2,1-4H3. The third kappa shape index (κ3) is 2.78. The van der Waals surface area contributed by atoms with E-state index in [0.717, 1.165) is 15.9 Å². The summed E-state index contributed by atoms with van der Waals surface area (Å²) < 4.78 is 3.22. The summed E-state index contributed by atoms with van der Waals surface area (Å²) in [7, 11) is 0. The molecule has 0 aromatic carbocycles. The smallest absolute Gasteiger partial charge is 0.101 e. The Hall–Kier alpha value is -0.650. The highest BCUT2D eigenvalue weighted by molar-refractivity contribution is 9.11. The molecule has 0 saturated heterocycles. The van der Waals surface area contributed by atoms with Gasteiger partial charge >= 0.3 is 0 Å². The van der Waals surface area contributed by atoms with Crippen molar-refractivity contribution in [1.29, 1.82) is 0 Å². The minimum absolute atomic E-state index is 0.0215. The Morgan fingerprint density at radius 3 is 2.53 bits per heavy atom. The molecule has 0 radical (unpaired) electrons. The van der Waals surface area contributed by atoms with Crippen LogP contribution < -0.4 is 5.73 Å². The van der Waals surface area contributed by atoms with Crippen LogP contribution in [-0.2, 0) is 6.42 Å². The van der Waals surface area contributed by atoms with Gasteiger partial charge in [-0.1, -0.05) is 6.92 Å². The molecule has 0 fully saturated rings. The highest BCUT2D eigenvalue weighted by Gasteiger charge is 2.24. The number of aryl methyl sites for hydroxylation is 1. The Morgan fingerprint density at radius 1 is 1.42 bits per heavy atom. The van der Waals surface area contributed by atoms with Crippen molar-refractivity contribution < 1.29 is 0 Å². The third-order valence-electron chi connectivity index (χ3n) is 3.48. The first-order valence-electron chi connectivity index (χ1n) is 6.51. The predicted octanol–water partition coefficient (Wildman–Crippen LogP) is 3.82. The zero-order chi connectivity index (χ0) is 14.2. The van der Waals surface area contributed by atoms with Gasteiger partial charge in [0.25, 0.3) is 0 Å². The highest BCUT2D eigenvalue weighted by Crippen LogP contribution is 2.32. The van der Waals surface area contributed by atoms with Crippen molar-refractivity contribution in [2.24, 2.45) is 5.73 Å². The van der Waals surface area contributed by atoms with Crippen molar-refractivity contribution in [2.75, 3.05) is 0 Å². The SMILES string of the molecule is CCc1c(C)nn(C(c2ccc(Br)s2)C(C)N)c1C. The van der Waals surface area contributed by atoms with Crippen molar-refractivity contribution in [3.8, 4) is 0 Å². The number of rotatable bonds is 4. The normalized spacial score (nSPS) is 14.6. The fraction of sp³-hybridized carbons (Fsp3) is 0.500. The van der Waals surface area contributed by atoms with Gasteiger partial charge in [0.1, 0.15) is 6.04 Å². The predicted molar refractivity (Wildman–Crippen MR) is 84.9 cm³/mol. The minimum Gasteiger partial charge on any atom is -0.326 e. The summed E-state index contributed by atoms with van der Waals surface area (Å²) in [5.74, 6) is 0. The fourth-order valence-corrected chi connectivity index (χ4v) is 4.19. The van der Waals surface area contributed by atoms with Crippen LogP contribution in [0.15, 0.2) is 15.9 Å². The van der Waals surface area contributed by atoms with E-state index in [1.807, 2.05) is 6.92 Å².